The number of halogens is 1. The molecule has 35 heavy (non-hydrogen) atoms. The smallest absolute Gasteiger partial charge is 0.323 e. The van der Waals surface area contributed by atoms with E-state index in [1.54, 1.807) is 18.2 Å². The summed E-state index contributed by atoms with van der Waals surface area (Å²) in [6.07, 6.45) is 1.26. The van der Waals surface area contributed by atoms with Gasteiger partial charge in [0.25, 0.3) is 0 Å². The van der Waals surface area contributed by atoms with Crippen LogP contribution in [0.1, 0.15) is 17.0 Å². The number of para-hydroxylation sites is 1. The van der Waals surface area contributed by atoms with E-state index in [9.17, 15) is 9.59 Å². The molecule has 5 nitrogen and oxygen atoms in total. The minimum absolute atomic E-state index is 0.0577. The van der Waals surface area contributed by atoms with Gasteiger partial charge < -0.3 is 13.9 Å². The molecule has 0 aliphatic carbocycles. The third-order valence-electron chi connectivity index (χ3n) is 5.49. The predicted molar refractivity (Wildman–Crippen MR) is 137 cm³/mol. The van der Waals surface area contributed by atoms with E-state index in [-0.39, 0.29) is 22.5 Å². The van der Waals surface area contributed by atoms with Crippen molar-refractivity contribution in [1.82, 2.24) is 0 Å². The maximum absolute atomic E-state index is 13.3. The maximum Gasteiger partial charge on any atom is 0.323 e. The average Bonchev–Trinajstić information content (AvgIpc) is 2.88. The number of ether oxygens (including phenoxy) is 2. The fourth-order valence-corrected chi connectivity index (χ4v) is 4.17. The molecule has 0 atom stereocenters. The van der Waals surface area contributed by atoms with Crippen LogP contribution in [0.3, 0.4) is 0 Å². The van der Waals surface area contributed by atoms with Gasteiger partial charge in [-0.05, 0) is 51.3 Å². The van der Waals surface area contributed by atoms with Crippen LogP contribution in [0.5, 0.6) is 17.2 Å². The van der Waals surface area contributed by atoms with Gasteiger partial charge in [-0.15, -0.1) is 0 Å². The Hall–Kier alpha value is -4.16. The second-order valence-corrected chi connectivity index (χ2v) is 8.65. The van der Waals surface area contributed by atoms with Crippen LogP contribution in [0.4, 0.5) is 0 Å². The highest BCUT2D eigenvalue weighted by molar-refractivity contribution is 9.10. The van der Waals surface area contributed by atoms with E-state index < -0.39 is 11.9 Å². The summed E-state index contributed by atoms with van der Waals surface area (Å²) in [4.78, 5) is 26.2. The minimum Gasteiger partial charge on any atom is -0.460 e. The molecule has 5 aromatic rings. The highest BCUT2D eigenvalue weighted by Crippen LogP contribution is 2.30. The fourth-order valence-electron chi connectivity index (χ4n) is 3.80. The largest absolute Gasteiger partial charge is 0.460 e. The molecule has 0 saturated carbocycles. The van der Waals surface area contributed by atoms with Crippen LogP contribution >= 0.6 is 15.9 Å². The molecule has 5 rings (SSSR count). The first-order valence-electron chi connectivity index (χ1n) is 10.9. The Morgan fingerprint density at radius 3 is 2.06 bits per heavy atom. The van der Waals surface area contributed by atoms with E-state index in [1.807, 2.05) is 78.9 Å². The van der Waals surface area contributed by atoms with Crippen molar-refractivity contribution in [2.45, 2.75) is 5.92 Å². The lowest BCUT2D eigenvalue weighted by Crippen LogP contribution is -2.20. The molecular weight excluding hydrogens is 508 g/mol. The van der Waals surface area contributed by atoms with Crippen LogP contribution in [-0.4, -0.2) is 5.97 Å². The zero-order valence-corrected chi connectivity index (χ0v) is 20.0. The molecular formula is C29H19BrO5. The van der Waals surface area contributed by atoms with Crippen molar-refractivity contribution in [3.63, 3.8) is 0 Å². The predicted octanol–water partition coefficient (Wildman–Crippen LogP) is 7.09. The van der Waals surface area contributed by atoms with E-state index in [0.717, 1.165) is 11.1 Å². The van der Waals surface area contributed by atoms with E-state index in [1.165, 1.54) is 12.3 Å². The molecule has 0 unspecified atom stereocenters. The minimum atomic E-state index is -0.597. The molecule has 172 valence electrons. The van der Waals surface area contributed by atoms with Gasteiger partial charge in [0.05, 0.1) is 9.86 Å². The van der Waals surface area contributed by atoms with Gasteiger partial charge in [0.2, 0.25) is 11.2 Å². The summed E-state index contributed by atoms with van der Waals surface area (Å²) in [6.45, 7) is 0. The van der Waals surface area contributed by atoms with Crippen molar-refractivity contribution in [3.8, 4) is 17.2 Å². The summed E-state index contributed by atoms with van der Waals surface area (Å²) in [6, 6.07) is 30.8. The summed E-state index contributed by atoms with van der Waals surface area (Å²) < 4.78 is 17.8. The quantitative estimate of drug-likeness (QED) is 0.174. The van der Waals surface area contributed by atoms with Crippen LogP contribution in [0.25, 0.3) is 11.0 Å². The molecule has 0 fully saturated rings. The van der Waals surface area contributed by atoms with Gasteiger partial charge in [-0.3, -0.25) is 9.59 Å². The summed E-state index contributed by atoms with van der Waals surface area (Å²) >= 11 is 3.40. The zero-order chi connectivity index (χ0) is 24.2. The zero-order valence-electron chi connectivity index (χ0n) is 18.4. The first kappa shape index (κ1) is 22.6. The highest BCUT2D eigenvalue weighted by Gasteiger charge is 2.25. The molecule has 1 heterocycles. The summed E-state index contributed by atoms with van der Waals surface area (Å²) in [5, 5.41) is 0.317. The monoisotopic (exact) mass is 526 g/mol. The van der Waals surface area contributed by atoms with Crippen molar-refractivity contribution in [3.05, 3.63) is 135 Å². The van der Waals surface area contributed by atoms with Gasteiger partial charge in [0, 0.05) is 6.07 Å². The molecule has 0 bridgehead atoms. The third-order valence-corrected chi connectivity index (χ3v) is 6.15. The van der Waals surface area contributed by atoms with E-state index in [2.05, 4.69) is 15.9 Å². The van der Waals surface area contributed by atoms with Crippen LogP contribution < -0.4 is 14.9 Å². The Kier molecular flexibility index (Phi) is 6.46. The molecule has 6 heteroatoms. The van der Waals surface area contributed by atoms with Gasteiger partial charge in [0.1, 0.15) is 29.3 Å². The van der Waals surface area contributed by atoms with E-state index >= 15 is 0 Å². The maximum atomic E-state index is 13.3. The van der Waals surface area contributed by atoms with E-state index in [4.69, 9.17) is 13.9 Å². The van der Waals surface area contributed by atoms with Gasteiger partial charge >= 0.3 is 5.97 Å². The van der Waals surface area contributed by atoms with Crippen LogP contribution in [0.2, 0.25) is 0 Å². The number of hydrogen-bond donors (Lipinski definition) is 0. The lowest BCUT2D eigenvalue weighted by molar-refractivity contribution is -0.135. The van der Waals surface area contributed by atoms with Gasteiger partial charge in [-0.25, -0.2) is 0 Å². The molecule has 1 aromatic heterocycles. The Bertz CT molecular complexity index is 1510. The Labute approximate surface area is 209 Å². The van der Waals surface area contributed by atoms with Crippen molar-refractivity contribution < 1.29 is 18.7 Å². The summed E-state index contributed by atoms with van der Waals surface area (Å²) in [5.74, 6) is -0.194. The van der Waals surface area contributed by atoms with Crippen LogP contribution in [0.15, 0.2) is 123 Å². The summed E-state index contributed by atoms with van der Waals surface area (Å²) in [7, 11) is 0. The second kappa shape index (κ2) is 9.99. The highest BCUT2D eigenvalue weighted by atomic mass is 79.9. The Morgan fingerprint density at radius 1 is 0.771 bits per heavy atom. The van der Waals surface area contributed by atoms with E-state index in [0.29, 0.717) is 15.6 Å². The Balaban J connectivity index is 1.43. The number of benzene rings is 4. The fraction of sp³-hybridized carbons (Fsp3) is 0.0345. The van der Waals surface area contributed by atoms with Gasteiger partial charge in [0.15, 0.2) is 0 Å². The lowest BCUT2D eigenvalue weighted by atomic mass is 9.91. The molecule has 0 spiro atoms. The Morgan fingerprint density at radius 2 is 1.40 bits per heavy atom. The summed E-state index contributed by atoms with van der Waals surface area (Å²) in [5.41, 5.74) is 1.61. The molecule has 0 radical (unpaired) electrons. The number of carbonyl (C=O) groups is 1. The first-order chi connectivity index (χ1) is 17.1. The normalized spacial score (nSPS) is 10.9. The lowest BCUT2D eigenvalue weighted by Gasteiger charge is -2.17. The average molecular weight is 527 g/mol. The number of esters is 1. The van der Waals surface area contributed by atoms with Crippen LogP contribution in [0, 0.1) is 0 Å². The standard InChI is InChI=1S/C29H19BrO5/c30-23-13-7-8-14-24(23)35-26-18-33-25-17-21(15-16-22(25)28(26)31)34-29(32)27(19-9-3-1-4-10-19)20-11-5-2-6-12-20/h1-18,27H. The molecule has 0 N–H and O–H groups in total. The first-order valence-corrected chi connectivity index (χ1v) is 11.7. The van der Waals surface area contributed by atoms with Crippen molar-refractivity contribution >= 4 is 32.9 Å². The second-order valence-electron chi connectivity index (χ2n) is 7.80. The molecule has 0 aliphatic rings. The third kappa shape index (κ3) is 4.88. The topological polar surface area (TPSA) is 65.7 Å². The number of hydrogen-bond acceptors (Lipinski definition) is 5. The number of rotatable bonds is 6. The molecule has 0 saturated heterocycles. The van der Waals surface area contributed by atoms with Crippen molar-refractivity contribution in [1.29, 1.82) is 0 Å². The SMILES string of the molecule is O=C(Oc1ccc2c(=O)c(Oc3ccccc3Br)coc2c1)C(c1ccccc1)c1ccccc1. The molecule has 0 amide bonds. The van der Waals surface area contributed by atoms with Crippen molar-refractivity contribution in [2.75, 3.05) is 0 Å². The van der Waals surface area contributed by atoms with Gasteiger partial charge in [-0.1, -0.05) is 72.8 Å². The number of carbonyl (C=O) groups excluding carboxylic acids is 1. The molecule has 0 aliphatic heterocycles. The van der Waals surface area contributed by atoms with Gasteiger partial charge in [-0.2, -0.15) is 0 Å². The molecule has 4 aromatic carbocycles. The number of fused-ring (bicyclic) bond motifs is 1. The van der Waals surface area contributed by atoms with Crippen LogP contribution in [-0.2, 0) is 4.79 Å². The van der Waals surface area contributed by atoms with Crippen molar-refractivity contribution in [2.24, 2.45) is 0 Å².